The molecule has 2 aromatic rings. The number of rotatable bonds is 5. The third kappa shape index (κ3) is 2.85. The molecule has 0 aliphatic heterocycles. The molecule has 0 atom stereocenters. The first-order valence-corrected chi connectivity index (χ1v) is 5.89. The van der Waals surface area contributed by atoms with Gasteiger partial charge in [-0.1, -0.05) is 0 Å². The number of carboxylic acids is 1. The molecule has 6 nitrogen and oxygen atoms in total. The molecule has 0 spiro atoms. The summed E-state index contributed by atoms with van der Waals surface area (Å²) in [7, 11) is 0. The van der Waals surface area contributed by atoms with Gasteiger partial charge >= 0.3 is 5.97 Å². The largest absolute Gasteiger partial charge is 0.477 e. The topological polar surface area (TPSA) is 92.6 Å². The van der Waals surface area contributed by atoms with Crippen LogP contribution in [-0.4, -0.2) is 22.6 Å². The smallest absolute Gasteiger partial charge is 0.354 e. The van der Waals surface area contributed by atoms with Gasteiger partial charge in [0.1, 0.15) is 5.76 Å². The maximum atomic E-state index is 11.0. The van der Waals surface area contributed by atoms with Gasteiger partial charge < -0.3 is 20.2 Å². The summed E-state index contributed by atoms with van der Waals surface area (Å²) in [6.07, 6.45) is 1.59. The Bertz CT molecular complexity index is 567. The maximum absolute atomic E-state index is 11.0. The maximum Gasteiger partial charge on any atom is 0.354 e. The molecule has 0 unspecified atom stereocenters. The Balaban J connectivity index is 2.31. The highest BCUT2D eigenvalue weighted by atomic mass is 16.4. The van der Waals surface area contributed by atoms with Crippen LogP contribution in [0.4, 0.5) is 11.5 Å². The van der Waals surface area contributed by atoms with Crippen LogP contribution in [0.5, 0.6) is 0 Å². The Morgan fingerprint density at radius 1 is 1.47 bits per heavy atom. The number of nitrogens with zero attached hydrogens (tertiary/aromatic N) is 2. The van der Waals surface area contributed by atoms with E-state index in [1.807, 2.05) is 17.9 Å². The van der Waals surface area contributed by atoms with Crippen LogP contribution in [0.3, 0.4) is 0 Å². The zero-order valence-corrected chi connectivity index (χ0v) is 10.5. The first-order chi connectivity index (χ1) is 9.11. The van der Waals surface area contributed by atoms with E-state index >= 15 is 0 Å². The SMILES string of the molecule is CCN(Cc1ccco1)c1nc(C(=O)O)ccc1N. The highest BCUT2D eigenvalue weighted by Gasteiger charge is 2.15. The molecular weight excluding hydrogens is 246 g/mol. The van der Waals surface area contributed by atoms with Gasteiger partial charge in [-0.2, -0.15) is 0 Å². The second-order valence-corrected chi connectivity index (χ2v) is 4.01. The lowest BCUT2D eigenvalue weighted by Gasteiger charge is -2.22. The molecule has 100 valence electrons. The molecule has 0 aromatic carbocycles. The summed E-state index contributed by atoms with van der Waals surface area (Å²) in [5.41, 5.74) is 6.28. The molecule has 3 N–H and O–H groups in total. The van der Waals surface area contributed by atoms with E-state index in [1.165, 1.54) is 6.07 Å². The number of nitrogen functional groups attached to an aromatic ring is 1. The molecule has 0 bridgehead atoms. The van der Waals surface area contributed by atoms with E-state index in [4.69, 9.17) is 15.3 Å². The number of furan rings is 1. The Kier molecular flexibility index (Phi) is 3.70. The lowest BCUT2D eigenvalue weighted by Crippen LogP contribution is -2.24. The van der Waals surface area contributed by atoms with E-state index in [1.54, 1.807) is 18.4 Å². The molecule has 2 aromatic heterocycles. The molecule has 2 heterocycles. The van der Waals surface area contributed by atoms with E-state index in [9.17, 15) is 4.79 Å². The second kappa shape index (κ2) is 5.43. The van der Waals surface area contributed by atoms with Gasteiger partial charge in [0.05, 0.1) is 18.5 Å². The second-order valence-electron chi connectivity index (χ2n) is 4.01. The summed E-state index contributed by atoms with van der Waals surface area (Å²) in [5, 5.41) is 8.97. The van der Waals surface area contributed by atoms with Crippen molar-refractivity contribution < 1.29 is 14.3 Å². The number of aromatic nitrogens is 1. The van der Waals surface area contributed by atoms with Crippen LogP contribution in [0.25, 0.3) is 0 Å². The van der Waals surface area contributed by atoms with Crippen LogP contribution in [0, 0.1) is 0 Å². The number of carboxylic acid groups (broad SMARTS) is 1. The van der Waals surface area contributed by atoms with Crippen LogP contribution in [0.2, 0.25) is 0 Å². The van der Waals surface area contributed by atoms with Crippen molar-refractivity contribution in [2.24, 2.45) is 0 Å². The average Bonchev–Trinajstić information content (AvgIpc) is 2.89. The first-order valence-electron chi connectivity index (χ1n) is 5.89. The van der Waals surface area contributed by atoms with Crippen molar-refractivity contribution in [3.05, 3.63) is 42.0 Å². The van der Waals surface area contributed by atoms with Gasteiger partial charge in [0.2, 0.25) is 0 Å². The fourth-order valence-corrected chi connectivity index (χ4v) is 1.76. The molecule has 0 fully saturated rings. The number of carbonyl (C=O) groups is 1. The van der Waals surface area contributed by atoms with Crippen molar-refractivity contribution >= 4 is 17.5 Å². The molecule has 0 saturated heterocycles. The van der Waals surface area contributed by atoms with Crippen molar-refractivity contribution in [2.45, 2.75) is 13.5 Å². The fourth-order valence-electron chi connectivity index (χ4n) is 1.76. The Morgan fingerprint density at radius 2 is 2.26 bits per heavy atom. The third-order valence-corrected chi connectivity index (χ3v) is 2.73. The molecule has 6 heteroatoms. The number of hydrogen-bond acceptors (Lipinski definition) is 5. The van der Waals surface area contributed by atoms with Gasteiger partial charge in [-0.15, -0.1) is 0 Å². The van der Waals surface area contributed by atoms with Gasteiger partial charge in [-0.25, -0.2) is 9.78 Å². The third-order valence-electron chi connectivity index (χ3n) is 2.73. The number of aromatic carboxylic acids is 1. The summed E-state index contributed by atoms with van der Waals surface area (Å²) in [5.74, 6) is 0.151. The average molecular weight is 261 g/mol. The van der Waals surface area contributed by atoms with E-state index in [0.717, 1.165) is 5.76 Å². The van der Waals surface area contributed by atoms with Gasteiger partial charge in [0.25, 0.3) is 0 Å². The number of hydrogen-bond donors (Lipinski definition) is 2. The lowest BCUT2D eigenvalue weighted by atomic mass is 10.3. The van der Waals surface area contributed by atoms with Crippen molar-refractivity contribution in [1.29, 1.82) is 0 Å². The zero-order valence-electron chi connectivity index (χ0n) is 10.5. The fraction of sp³-hybridized carbons (Fsp3) is 0.231. The molecule has 0 radical (unpaired) electrons. The van der Waals surface area contributed by atoms with Gasteiger partial charge in [0.15, 0.2) is 11.5 Å². The predicted molar refractivity (Wildman–Crippen MR) is 71.0 cm³/mol. The first kappa shape index (κ1) is 12.9. The number of pyridine rings is 1. The summed E-state index contributed by atoms with van der Waals surface area (Å²) in [6.45, 7) is 3.07. The predicted octanol–water partition coefficient (Wildman–Crippen LogP) is 1.98. The van der Waals surface area contributed by atoms with Gasteiger partial charge in [-0.3, -0.25) is 0 Å². The van der Waals surface area contributed by atoms with Crippen molar-refractivity contribution in [3.8, 4) is 0 Å². The van der Waals surface area contributed by atoms with Crippen molar-refractivity contribution in [3.63, 3.8) is 0 Å². The van der Waals surface area contributed by atoms with E-state index < -0.39 is 5.97 Å². The molecule has 2 rings (SSSR count). The molecule has 0 aliphatic rings. The van der Waals surface area contributed by atoms with Crippen LogP contribution in [0.1, 0.15) is 23.2 Å². The summed E-state index contributed by atoms with van der Waals surface area (Å²) >= 11 is 0. The minimum Gasteiger partial charge on any atom is -0.477 e. The quantitative estimate of drug-likeness (QED) is 0.854. The van der Waals surface area contributed by atoms with E-state index in [2.05, 4.69) is 4.98 Å². The van der Waals surface area contributed by atoms with E-state index in [-0.39, 0.29) is 5.69 Å². The minimum atomic E-state index is -1.07. The lowest BCUT2D eigenvalue weighted by molar-refractivity contribution is 0.0690. The summed E-state index contributed by atoms with van der Waals surface area (Å²) in [4.78, 5) is 16.9. The molecule has 0 aliphatic carbocycles. The van der Waals surface area contributed by atoms with Crippen LogP contribution >= 0.6 is 0 Å². The normalized spacial score (nSPS) is 10.4. The Hall–Kier alpha value is -2.50. The molecule has 0 saturated carbocycles. The zero-order chi connectivity index (χ0) is 13.8. The van der Waals surface area contributed by atoms with Crippen LogP contribution in [0.15, 0.2) is 34.9 Å². The van der Waals surface area contributed by atoms with Gasteiger partial charge in [0, 0.05) is 6.54 Å². The standard InChI is InChI=1S/C13H15N3O3/c1-2-16(8-9-4-3-7-19-9)12-10(14)5-6-11(15-12)13(17)18/h3-7H,2,8,14H2,1H3,(H,17,18). The molecular formula is C13H15N3O3. The van der Waals surface area contributed by atoms with E-state index in [0.29, 0.717) is 24.6 Å². The van der Waals surface area contributed by atoms with Crippen molar-refractivity contribution in [1.82, 2.24) is 4.98 Å². The number of anilines is 2. The highest BCUT2D eigenvalue weighted by molar-refractivity contribution is 5.86. The highest BCUT2D eigenvalue weighted by Crippen LogP contribution is 2.22. The Labute approximate surface area is 110 Å². The summed E-state index contributed by atoms with van der Waals surface area (Å²) in [6, 6.07) is 6.59. The number of nitrogens with two attached hydrogens (primary N) is 1. The van der Waals surface area contributed by atoms with Crippen LogP contribution in [-0.2, 0) is 6.54 Å². The summed E-state index contributed by atoms with van der Waals surface area (Å²) < 4.78 is 5.28. The minimum absolute atomic E-state index is 0.0258. The monoisotopic (exact) mass is 261 g/mol. The molecule has 19 heavy (non-hydrogen) atoms. The van der Waals surface area contributed by atoms with Gasteiger partial charge in [-0.05, 0) is 31.2 Å². The van der Waals surface area contributed by atoms with Crippen LogP contribution < -0.4 is 10.6 Å². The molecule has 0 amide bonds. The Morgan fingerprint density at radius 3 is 2.84 bits per heavy atom. The van der Waals surface area contributed by atoms with Crippen molar-refractivity contribution in [2.75, 3.05) is 17.2 Å².